The molecule has 1 aliphatic rings. The molecule has 0 aromatic heterocycles. The quantitative estimate of drug-likeness (QED) is 0.628. The van der Waals surface area contributed by atoms with Crippen LogP contribution in [0.5, 0.6) is 0 Å². The van der Waals surface area contributed by atoms with Gasteiger partial charge in [0, 0.05) is 16.5 Å². The third kappa shape index (κ3) is 3.39. The van der Waals surface area contributed by atoms with E-state index in [9.17, 15) is 9.59 Å². The topological polar surface area (TPSA) is 52.6 Å². The van der Waals surface area contributed by atoms with E-state index in [0.29, 0.717) is 22.2 Å². The highest BCUT2D eigenvalue weighted by molar-refractivity contribution is 6.33. The van der Waals surface area contributed by atoms with E-state index in [1.54, 1.807) is 25.1 Å². The zero-order valence-corrected chi connectivity index (χ0v) is 13.2. The maximum atomic E-state index is 12.4. The zero-order valence-electron chi connectivity index (χ0n) is 11.7. The van der Waals surface area contributed by atoms with Crippen molar-refractivity contribution in [2.24, 2.45) is 5.41 Å². The molecular formula is C15H16Cl2O4. The van der Waals surface area contributed by atoms with Crippen LogP contribution in [-0.4, -0.2) is 31.6 Å². The summed E-state index contributed by atoms with van der Waals surface area (Å²) < 4.78 is 10.4. The molecule has 0 saturated carbocycles. The maximum absolute atomic E-state index is 12.4. The van der Waals surface area contributed by atoms with Crippen LogP contribution >= 0.6 is 23.2 Å². The Kier molecular flexibility index (Phi) is 5.25. The minimum atomic E-state index is -1.33. The molecule has 6 heteroatoms. The number of ether oxygens (including phenoxy) is 2. The summed E-state index contributed by atoms with van der Waals surface area (Å²) in [6, 6.07) is 4.96. The van der Waals surface area contributed by atoms with E-state index in [-0.39, 0.29) is 31.8 Å². The van der Waals surface area contributed by atoms with Crippen molar-refractivity contribution in [1.82, 2.24) is 0 Å². The van der Waals surface area contributed by atoms with Gasteiger partial charge in [-0.2, -0.15) is 0 Å². The van der Waals surface area contributed by atoms with Crippen molar-refractivity contribution in [3.05, 3.63) is 33.8 Å². The number of ketones is 1. The fourth-order valence-electron chi connectivity index (χ4n) is 2.40. The number of Topliss-reactive ketones (excluding diaryl/α,β-unsaturated/α-hetero) is 1. The number of halogens is 2. The highest BCUT2D eigenvalue weighted by atomic mass is 35.5. The largest absolute Gasteiger partial charge is 0.465 e. The maximum Gasteiger partial charge on any atom is 0.322 e. The Morgan fingerprint density at radius 2 is 2.19 bits per heavy atom. The van der Waals surface area contributed by atoms with Gasteiger partial charge in [0.15, 0.2) is 11.2 Å². The summed E-state index contributed by atoms with van der Waals surface area (Å²) in [5, 5.41) is 0.957. The SMILES string of the molecule is CCOC(=O)C1(Cc2cc(Cl)ccc2Cl)COCCC1=O. The average molecular weight is 331 g/mol. The van der Waals surface area contributed by atoms with Gasteiger partial charge in [0.1, 0.15) is 0 Å². The van der Waals surface area contributed by atoms with Crippen LogP contribution in [0.2, 0.25) is 10.0 Å². The summed E-state index contributed by atoms with van der Waals surface area (Å²) in [7, 11) is 0. The zero-order chi connectivity index (χ0) is 15.5. The van der Waals surface area contributed by atoms with E-state index in [0.717, 1.165) is 0 Å². The highest BCUT2D eigenvalue weighted by Crippen LogP contribution is 2.34. The van der Waals surface area contributed by atoms with E-state index < -0.39 is 11.4 Å². The fraction of sp³-hybridized carbons (Fsp3) is 0.467. The third-order valence-corrected chi connectivity index (χ3v) is 4.13. The Labute approximate surface area is 133 Å². The van der Waals surface area contributed by atoms with Crippen molar-refractivity contribution in [3.63, 3.8) is 0 Å². The summed E-state index contributed by atoms with van der Waals surface area (Å²) in [5.74, 6) is -0.742. The summed E-state index contributed by atoms with van der Waals surface area (Å²) in [4.78, 5) is 24.7. The second-order valence-corrected chi connectivity index (χ2v) is 5.78. The third-order valence-electron chi connectivity index (χ3n) is 3.52. The number of benzene rings is 1. The molecule has 1 aliphatic heterocycles. The van der Waals surface area contributed by atoms with Gasteiger partial charge >= 0.3 is 5.97 Å². The Bertz CT molecular complexity index is 559. The van der Waals surface area contributed by atoms with E-state index in [4.69, 9.17) is 32.7 Å². The normalized spacial score (nSPS) is 22.1. The smallest absolute Gasteiger partial charge is 0.322 e. The number of carbonyl (C=O) groups is 2. The molecule has 0 bridgehead atoms. The number of carbonyl (C=O) groups excluding carboxylic acids is 2. The first-order valence-corrected chi connectivity index (χ1v) is 7.47. The van der Waals surface area contributed by atoms with Gasteiger partial charge in [0.2, 0.25) is 0 Å². The van der Waals surface area contributed by atoms with Crippen molar-refractivity contribution in [2.45, 2.75) is 19.8 Å². The van der Waals surface area contributed by atoms with Crippen LogP contribution in [0.25, 0.3) is 0 Å². The van der Waals surface area contributed by atoms with Crippen LogP contribution in [0.3, 0.4) is 0 Å². The minimum Gasteiger partial charge on any atom is -0.465 e. The summed E-state index contributed by atoms with van der Waals surface area (Å²) in [6.45, 7) is 2.24. The van der Waals surface area contributed by atoms with Crippen LogP contribution in [0.4, 0.5) is 0 Å². The predicted octanol–water partition coefficient (Wildman–Crippen LogP) is 3.07. The van der Waals surface area contributed by atoms with Gasteiger partial charge in [-0.25, -0.2) is 0 Å². The molecule has 4 nitrogen and oxygen atoms in total. The molecule has 2 rings (SSSR count). The lowest BCUT2D eigenvalue weighted by molar-refractivity contribution is -0.169. The molecule has 1 unspecified atom stereocenters. The summed E-state index contributed by atoms with van der Waals surface area (Å²) in [5.41, 5.74) is -0.696. The molecule has 0 radical (unpaired) electrons. The first-order valence-electron chi connectivity index (χ1n) is 6.72. The molecule has 1 heterocycles. The lowest BCUT2D eigenvalue weighted by atomic mass is 9.76. The summed E-state index contributed by atoms with van der Waals surface area (Å²) >= 11 is 12.1. The van der Waals surface area contributed by atoms with Gasteiger partial charge in [-0.15, -0.1) is 0 Å². The molecule has 21 heavy (non-hydrogen) atoms. The van der Waals surface area contributed by atoms with Crippen LogP contribution < -0.4 is 0 Å². The Morgan fingerprint density at radius 3 is 2.86 bits per heavy atom. The van der Waals surface area contributed by atoms with Crippen molar-refractivity contribution >= 4 is 35.0 Å². The highest BCUT2D eigenvalue weighted by Gasteiger charge is 2.49. The second kappa shape index (κ2) is 6.77. The van der Waals surface area contributed by atoms with Gasteiger partial charge in [0.05, 0.1) is 19.8 Å². The van der Waals surface area contributed by atoms with Crippen LogP contribution in [0.15, 0.2) is 18.2 Å². The lowest BCUT2D eigenvalue weighted by Crippen LogP contribution is -2.49. The monoisotopic (exact) mass is 330 g/mol. The van der Waals surface area contributed by atoms with E-state index in [2.05, 4.69) is 0 Å². The molecule has 0 amide bonds. The minimum absolute atomic E-state index is 0.00745. The Morgan fingerprint density at radius 1 is 1.43 bits per heavy atom. The number of rotatable bonds is 4. The fourth-order valence-corrected chi connectivity index (χ4v) is 2.78. The molecule has 0 aliphatic carbocycles. The Hall–Kier alpha value is -1.10. The lowest BCUT2D eigenvalue weighted by Gasteiger charge is -2.33. The molecule has 1 saturated heterocycles. The first-order chi connectivity index (χ1) is 9.99. The van der Waals surface area contributed by atoms with Crippen molar-refractivity contribution in [3.8, 4) is 0 Å². The molecule has 1 fully saturated rings. The molecular weight excluding hydrogens is 315 g/mol. The predicted molar refractivity (Wildman–Crippen MR) is 79.7 cm³/mol. The molecule has 0 N–H and O–H groups in total. The molecule has 1 aromatic rings. The standard InChI is InChI=1S/C15H16Cl2O4/c1-2-21-14(19)15(9-20-6-5-13(15)18)8-10-7-11(16)3-4-12(10)17/h3-4,7H,2,5-6,8-9H2,1H3. The van der Waals surface area contributed by atoms with E-state index >= 15 is 0 Å². The van der Waals surface area contributed by atoms with E-state index in [1.807, 2.05) is 0 Å². The molecule has 1 atom stereocenters. The number of hydrogen-bond acceptors (Lipinski definition) is 4. The summed E-state index contributed by atoms with van der Waals surface area (Å²) in [6.07, 6.45) is 0.320. The Balaban J connectivity index is 2.38. The number of esters is 1. The van der Waals surface area contributed by atoms with Crippen LogP contribution in [0.1, 0.15) is 18.9 Å². The van der Waals surface area contributed by atoms with Crippen molar-refractivity contribution < 1.29 is 19.1 Å². The van der Waals surface area contributed by atoms with Gasteiger partial charge in [0.25, 0.3) is 0 Å². The van der Waals surface area contributed by atoms with E-state index in [1.165, 1.54) is 0 Å². The molecule has 0 spiro atoms. The first kappa shape index (κ1) is 16.3. The van der Waals surface area contributed by atoms with Crippen LogP contribution in [-0.2, 0) is 25.5 Å². The van der Waals surface area contributed by atoms with Crippen molar-refractivity contribution in [2.75, 3.05) is 19.8 Å². The number of hydrogen-bond donors (Lipinski definition) is 0. The van der Waals surface area contributed by atoms with Gasteiger partial charge < -0.3 is 9.47 Å². The van der Waals surface area contributed by atoms with Gasteiger partial charge in [-0.1, -0.05) is 23.2 Å². The van der Waals surface area contributed by atoms with Gasteiger partial charge in [-0.05, 0) is 37.1 Å². The molecule has 1 aromatic carbocycles. The van der Waals surface area contributed by atoms with Crippen molar-refractivity contribution in [1.29, 1.82) is 0 Å². The second-order valence-electron chi connectivity index (χ2n) is 4.94. The average Bonchev–Trinajstić information content (AvgIpc) is 2.45. The van der Waals surface area contributed by atoms with Gasteiger partial charge in [-0.3, -0.25) is 9.59 Å². The van der Waals surface area contributed by atoms with Crippen LogP contribution in [0, 0.1) is 5.41 Å². The molecule has 114 valence electrons.